The van der Waals surface area contributed by atoms with Gasteiger partial charge >= 0.3 is 0 Å². The molecular weight excluding hydrogens is 302 g/mol. The van der Waals surface area contributed by atoms with Gasteiger partial charge in [0.2, 0.25) is 0 Å². The third-order valence-corrected chi connectivity index (χ3v) is 3.79. The van der Waals surface area contributed by atoms with Crippen LogP contribution >= 0.6 is 0 Å². The first-order chi connectivity index (χ1) is 11.7. The highest BCUT2D eigenvalue weighted by atomic mass is 16.3. The zero-order valence-electron chi connectivity index (χ0n) is 13.5. The summed E-state index contributed by atoms with van der Waals surface area (Å²) in [6, 6.07) is 11.4. The van der Waals surface area contributed by atoms with E-state index in [1.807, 2.05) is 37.3 Å². The van der Waals surface area contributed by atoms with Gasteiger partial charge in [-0.1, -0.05) is 11.6 Å². The monoisotopic (exact) mass is 321 g/mol. The number of carbonyl (C=O) groups is 1. The number of fused-ring (bicyclic) bond motifs is 1. The van der Waals surface area contributed by atoms with Gasteiger partial charge in [0.1, 0.15) is 0 Å². The Bertz CT molecular complexity index is 863. The molecule has 0 aliphatic rings. The van der Waals surface area contributed by atoms with E-state index in [0.29, 0.717) is 24.2 Å². The Kier molecular flexibility index (Phi) is 4.82. The summed E-state index contributed by atoms with van der Waals surface area (Å²) < 4.78 is 0. The van der Waals surface area contributed by atoms with E-state index in [-0.39, 0.29) is 12.5 Å². The Labute approximate surface area is 140 Å². The summed E-state index contributed by atoms with van der Waals surface area (Å²) in [5, 5.41) is 12.6. The van der Waals surface area contributed by atoms with Crippen molar-refractivity contribution in [3.05, 3.63) is 59.9 Å². The van der Waals surface area contributed by atoms with E-state index in [0.717, 1.165) is 22.0 Å². The largest absolute Gasteiger partial charge is 0.396 e. The second-order valence-corrected chi connectivity index (χ2v) is 5.65. The van der Waals surface area contributed by atoms with E-state index in [1.54, 1.807) is 18.5 Å². The highest BCUT2D eigenvalue weighted by Crippen LogP contribution is 2.25. The lowest BCUT2D eigenvalue weighted by atomic mass is 10.0. The lowest BCUT2D eigenvalue weighted by Crippen LogP contribution is -2.25. The van der Waals surface area contributed by atoms with Crippen molar-refractivity contribution in [2.24, 2.45) is 0 Å². The molecule has 0 bridgehead atoms. The van der Waals surface area contributed by atoms with Crippen molar-refractivity contribution in [3.8, 4) is 11.3 Å². The molecule has 122 valence electrons. The summed E-state index contributed by atoms with van der Waals surface area (Å²) in [5.74, 6) is -0.161. The van der Waals surface area contributed by atoms with Crippen LogP contribution in [0.25, 0.3) is 22.2 Å². The summed E-state index contributed by atoms with van der Waals surface area (Å²) in [7, 11) is 0. The molecule has 2 aromatic heterocycles. The molecule has 0 atom stereocenters. The maximum Gasteiger partial charge on any atom is 0.252 e. The van der Waals surface area contributed by atoms with Gasteiger partial charge in [-0.3, -0.25) is 9.78 Å². The van der Waals surface area contributed by atoms with Gasteiger partial charge in [0, 0.05) is 36.5 Å². The Balaban J connectivity index is 2.10. The van der Waals surface area contributed by atoms with Crippen molar-refractivity contribution in [2.45, 2.75) is 13.3 Å². The average molecular weight is 321 g/mol. The second-order valence-electron chi connectivity index (χ2n) is 5.65. The Morgan fingerprint density at radius 1 is 1.25 bits per heavy atom. The number of pyridine rings is 2. The first kappa shape index (κ1) is 16.1. The number of hydrogen-bond donors (Lipinski definition) is 2. The summed E-state index contributed by atoms with van der Waals surface area (Å²) >= 11 is 0. The number of benzene rings is 1. The zero-order valence-corrected chi connectivity index (χ0v) is 13.5. The number of hydrogen-bond acceptors (Lipinski definition) is 4. The minimum Gasteiger partial charge on any atom is -0.396 e. The molecule has 0 aliphatic heterocycles. The fourth-order valence-corrected chi connectivity index (χ4v) is 2.57. The van der Waals surface area contributed by atoms with Gasteiger partial charge in [-0.25, -0.2) is 4.98 Å². The minimum atomic E-state index is -0.161. The molecule has 0 unspecified atom stereocenters. The number of aromatic nitrogens is 2. The lowest BCUT2D eigenvalue weighted by Gasteiger charge is -2.11. The van der Waals surface area contributed by atoms with Crippen molar-refractivity contribution < 1.29 is 9.90 Å². The maximum absolute atomic E-state index is 12.6. The molecule has 2 N–H and O–H groups in total. The molecule has 0 spiro atoms. The van der Waals surface area contributed by atoms with Crippen LogP contribution in [0, 0.1) is 6.92 Å². The van der Waals surface area contributed by atoms with Crippen LogP contribution in [0.4, 0.5) is 0 Å². The van der Waals surface area contributed by atoms with Crippen molar-refractivity contribution >= 4 is 16.8 Å². The van der Waals surface area contributed by atoms with Crippen LogP contribution in [0.3, 0.4) is 0 Å². The minimum absolute atomic E-state index is 0.0530. The van der Waals surface area contributed by atoms with E-state index >= 15 is 0 Å². The molecule has 1 aromatic carbocycles. The highest BCUT2D eigenvalue weighted by molar-refractivity contribution is 6.07. The van der Waals surface area contributed by atoms with Crippen LogP contribution in [0.2, 0.25) is 0 Å². The standard InChI is InChI=1S/C19H19N3O2/c1-13-5-6-17-15(10-13)16(19(24)21-8-3-9-23)11-18(22-17)14-4-2-7-20-12-14/h2,4-7,10-12,23H,3,8-9H2,1H3,(H,21,24). The van der Waals surface area contributed by atoms with Crippen LogP contribution in [-0.2, 0) is 0 Å². The molecule has 24 heavy (non-hydrogen) atoms. The zero-order chi connectivity index (χ0) is 16.9. The Morgan fingerprint density at radius 3 is 2.88 bits per heavy atom. The number of rotatable bonds is 5. The highest BCUT2D eigenvalue weighted by Gasteiger charge is 2.14. The van der Waals surface area contributed by atoms with Crippen LogP contribution in [0.5, 0.6) is 0 Å². The van der Waals surface area contributed by atoms with Gasteiger partial charge in [-0.15, -0.1) is 0 Å². The summed E-state index contributed by atoms with van der Waals surface area (Å²) in [5.41, 5.74) is 4.01. The number of nitrogens with zero attached hydrogens (tertiary/aromatic N) is 2. The van der Waals surface area contributed by atoms with Gasteiger partial charge in [0.05, 0.1) is 16.8 Å². The molecule has 0 fully saturated rings. The fourth-order valence-electron chi connectivity index (χ4n) is 2.57. The third-order valence-electron chi connectivity index (χ3n) is 3.79. The first-order valence-corrected chi connectivity index (χ1v) is 7.90. The predicted molar refractivity (Wildman–Crippen MR) is 93.7 cm³/mol. The van der Waals surface area contributed by atoms with Crippen molar-refractivity contribution in [2.75, 3.05) is 13.2 Å². The SMILES string of the molecule is Cc1ccc2nc(-c3cccnc3)cc(C(=O)NCCCO)c2c1. The maximum atomic E-state index is 12.6. The third kappa shape index (κ3) is 3.41. The number of amides is 1. The van der Waals surface area contributed by atoms with Crippen LogP contribution < -0.4 is 5.32 Å². The predicted octanol–water partition coefficient (Wildman–Crippen LogP) is 2.72. The van der Waals surface area contributed by atoms with E-state index < -0.39 is 0 Å². The van der Waals surface area contributed by atoms with Gasteiger partial charge in [-0.2, -0.15) is 0 Å². The van der Waals surface area contributed by atoms with Gasteiger partial charge in [0.15, 0.2) is 0 Å². The molecule has 0 saturated heterocycles. The Hall–Kier alpha value is -2.79. The van der Waals surface area contributed by atoms with Crippen LogP contribution in [0.1, 0.15) is 22.3 Å². The van der Waals surface area contributed by atoms with Crippen molar-refractivity contribution in [1.29, 1.82) is 0 Å². The molecule has 5 heteroatoms. The fraction of sp³-hybridized carbons (Fsp3) is 0.211. The van der Waals surface area contributed by atoms with Crippen molar-refractivity contribution in [3.63, 3.8) is 0 Å². The summed E-state index contributed by atoms with van der Waals surface area (Å²) in [4.78, 5) is 21.4. The van der Waals surface area contributed by atoms with Gasteiger partial charge in [-0.05, 0) is 43.7 Å². The number of aliphatic hydroxyl groups is 1. The second kappa shape index (κ2) is 7.19. The van der Waals surface area contributed by atoms with E-state index in [2.05, 4.69) is 15.3 Å². The topological polar surface area (TPSA) is 75.1 Å². The van der Waals surface area contributed by atoms with Crippen LogP contribution in [-0.4, -0.2) is 34.1 Å². The van der Waals surface area contributed by atoms with E-state index in [4.69, 9.17) is 5.11 Å². The molecule has 0 radical (unpaired) electrons. The molecule has 0 aliphatic carbocycles. The van der Waals surface area contributed by atoms with E-state index in [9.17, 15) is 4.79 Å². The van der Waals surface area contributed by atoms with Crippen molar-refractivity contribution in [1.82, 2.24) is 15.3 Å². The number of aryl methyl sites for hydroxylation is 1. The normalized spacial score (nSPS) is 10.8. The molecule has 2 heterocycles. The quantitative estimate of drug-likeness (QED) is 0.709. The molecule has 1 amide bonds. The lowest BCUT2D eigenvalue weighted by molar-refractivity contribution is 0.0953. The van der Waals surface area contributed by atoms with Gasteiger partial charge in [0.25, 0.3) is 5.91 Å². The molecule has 5 nitrogen and oxygen atoms in total. The average Bonchev–Trinajstić information content (AvgIpc) is 2.61. The number of carbonyl (C=O) groups excluding carboxylic acids is 1. The Morgan fingerprint density at radius 2 is 2.12 bits per heavy atom. The summed E-state index contributed by atoms with van der Waals surface area (Å²) in [6.07, 6.45) is 3.97. The van der Waals surface area contributed by atoms with Crippen LogP contribution in [0.15, 0.2) is 48.8 Å². The number of nitrogens with one attached hydrogen (secondary N) is 1. The molecule has 3 aromatic rings. The molecule has 0 saturated carbocycles. The molecule has 3 rings (SSSR count). The van der Waals surface area contributed by atoms with E-state index in [1.165, 1.54) is 0 Å². The first-order valence-electron chi connectivity index (χ1n) is 7.90. The summed E-state index contributed by atoms with van der Waals surface area (Å²) in [6.45, 7) is 2.48. The van der Waals surface area contributed by atoms with Gasteiger partial charge < -0.3 is 10.4 Å². The smallest absolute Gasteiger partial charge is 0.252 e. The molecular formula is C19H19N3O2. The number of aliphatic hydroxyl groups excluding tert-OH is 1.